The van der Waals surface area contributed by atoms with Crippen LogP contribution in [-0.4, -0.2) is 13.4 Å². The first kappa shape index (κ1) is 9.90. The van der Waals surface area contributed by atoms with E-state index in [1.807, 2.05) is 30.3 Å². The third kappa shape index (κ3) is 1.56. The summed E-state index contributed by atoms with van der Waals surface area (Å²) in [5.74, 6) is 0. The maximum atomic E-state index is 4.07. The molecule has 0 aliphatic carbocycles. The van der Waals surface area contributed by atoms with Crippen molar-refractivity contribution in [1.82, 2.24) is 0 Å². The molecule has 0 spiro atoms. The Labute approximate surface area is 100 Å². The minimum absolute atomic E-state index is 0.770. The van der Waals surface area contributed by atoms with Crippen LogP contribution >= 0.6 is 0 Å². The Morgan fingerprint density at radius 1 is 1.00 bits per heavy atom. The Kier molecular flexibility index (Phi) is 2.29. The van der Waals surface area contributed by atoms with Crippen molar-refractivity contribution in [2.24, 2.45) is 4.99 Å². The molecule has 0 bridgehead atoms. The highest BCUT2D eigenvalue weighted by molar-refractivity contribution is 5.85. The van der Waals surface area contributed by atoms with E-state index in [-0.39, 0.29) is 0 Å². The molecule has 1 aliphatic rings. The molecule has 1 heterocycles. The van der Waals surface area contributed by atoms with Crippen LogP contribution in [0.25, 0.3) is 0 Å². The van der Waals surface area contributed by atoms with Crippen LogP contribution < -0.4 is 10.2 Å². The Morgan fingerprint density at radius 2 is 1.71 bits per heavy atom. The van der Waals surface area contributed by atoms with Gasteiger partial charge in [0.2, 0.25) is 0 Å². The van der Waals surface area contributed by atoms with Crippen molar-refractivity contribution < 1.29 is 0 Å². The third-order valence-electron chi connectivity index (χ3n) is 2.97. The molecule has 0 saturated carbocycles. The van der Waals surface area contributed by atoms with E-state index in [0.29, 0.717) is 0 Å². The van der Waals surface area contributed by atoms with E-state index in [4.69, 9.17) is 0 Å². The van der Waals surface area contributed by atoms with Crippen molar-refractivity contribution in [1.29, 1.82) is 0 Å². The topological polar surface area (TPSA) is 27.6 Å². The van der Waals surface area contributed by atoms with Gasteiger partial charge < -0.3 is 10.2 Å². The summed E-state index contributed by atoms with van der Waals surface area (Å²) in [4.78, 5) is 6.28. The summed E-state index contributed by atoms with van der Waals surface area (Å²) in [6, 6.07) is 16.3. The first-order valence-electron chi connectivity index (χ1n) is 5.56. The lowest BCUT2D eigenvalue weighted by molar-refractivity contribution is 1.10. The summed E-state index contributed by atoms with van der Waals surface area (Å²) in [5.41, 5.74) is 4.33. The van der Waals surface area contributed by atoms with E-state index in [0.717, 1.165) is 23.7 Å². The smallest absolute Gasteiger partial charge is 0.0927 e. The number of hydrogen-bond donors (Lipinski definition) is 1. The molecule has 2 aromatic rings. The van der Waals surface area contributed by atoms with E-state index in [9.17, 15) is 0 Å². The maximum absolute atomic E-state index is 4.07. The lowest BCUT2D eigenvalue weighted by atomic mass is 10.2. The van der Waals surface area contributed by atoms with Crippen molar-refractivity contribution in [3.63, 3.8) is 0 Å². The van der Waals surface area contributed by atoms with Gasteiger partial charge in [0.15, 0.2) is 0 Å². The number of nitrogens with one attached hydrogen (secondary N) is 1. The summed E-state index contributed by atoms with van der Waals surface area (Å²) in [6.45, 7) is 4.39. The van der Waals surface area contributed by atoms with Crippen molar-refractivity contribution in [3.05, 3.63) is 48.5 Å². The summed E-state index contributed by atoms with van der Waals surface area (Å²) in [7, 11) is 0. The van der Waals surface area contributed by atoms with Crippen LogP contribution in [0.4, 0.5) is 22.7 Å². The monoisotopic (exact) mass is 223 g/mol. The average Bonchev–Trinajstić information content (AvgIpc) is 2.82. The number of para-hydroxylation sites is 4. The van der Waals surface area contributed by atoms with Gasteiger partial charge >= 0.3 is 0 Å². The molecular formula is C14H13N3. The van der Waals surface area contributed by atoms with Gasteiger partial charge in [0, 0.05) is 0 Å². The Balaban J connectivity index is 2.10. The lowest BCUT2D eigenvalue weighted by Gasteiger charge is -2.19. The van der Waals surface area contributed by atoms with Crippen molar-refractivity contribution in [2.75, 3.05) is 16.9 Å². The molecule has 0 saturated heterocycles. The standard InChI is InChI=1S/C14H13N3/c1-15-11-6-2-4-8-13(11)17-10-16-12-7-3-5-9-14(12)17/h2-9,16H,1,10H2. The van der Waals surface area contributed by atoms with E-state index in [1.54, 1.807) is 0 Å². The summed E-state index contributed by atoms with van der Waals surface area (Å²) in [6.07, 6.45) is 0. The summed E-state index contributed by atoms with van der Waals surface area (Å²) < 4.78 is 0. The fourth-order valence-electron chi connectivity index (χ4n) is 2.15. The molecule has 3 rings (SSSR count). The molecule has 1 N–H and O–H groups in total. The number of nitrogens with zero attached hydrogens (tertiary/aromatic N) is 2. The molecule has 3 nitrogen and oxygen atoms in total. The Morgan fingerprint density at radius 3 is 2.53 bits per heavy atom. The van der Waals surface area contributed by atoms with E-state index in [1.165, 1.54) is 5.69 Å². The van der Waals surface area contributed by atoms with Gasteiger partial charge in [-0.1, -0.05) is 24.3 Å². The zero-order valence-electron chi connectivity index (χ0n) is 9.43. The fraction of sp³-hybridized carbons (Fsp3) is 0.0714. The first-order chi connectivity index (χ1) is 8.40. The molecule has 17 heavy (non-hydrogen) atoms. The average molecular weight is 223 g/mol. The van der Waals surface area contributed by atoms with Gasteiger partial charge in [0.05, 0.1) is 29.4 Å². The second-order valence-electron chi connectivity index (χ2n) is 3.93. The molecule has 3 heteroatoms. The summed E-state index contributed by atoms with van der Waals surface area (Å²) in [5, 5.41) is 3.36. The second kappa shape index (κ2) is 3.94. The van der Waals surface area contributed by atoms with E-state index >= 15 is 0 Å². The molecule has 0 atom stereocenters. The van der Waals surface area contributed by atoms with Crippen LogP contribution in [0.15, 0.2) is 53.5 Å². The number of anilines is 3. The molecule has 0 aromatic heterocycles. The van der Waals surface area contributed by atoms with Crippen LogP contribution in [0.5, 0.6) is 0 Å². The van der Waals surface area contributed by atoms with Gasteiger partial charge in [0.25, 0.3) is 0 Å². The first-order valence-corrected chi connectivity index (χ1v) is 5.56. The molecule has 84 valence electrons. The highest BCUT2D eigenvalue weighted by atomic mass is 15.3. The van der Waals surface area contributed by atoms with E-state index in [2.05, 4.69) is 40.1 Å². The Bertz CT molecular complexity index is 563. The normalized spacial score (nSPS) is 13.1. The lowest BCUT2D eigenvalue weighted by Crippen LogP contribution is -2.16. The van der Waals surface area contributed by atoms with Gasteiger partial charge in [0.1, 0.15) is 0 Å². The number of fused-ring (bicyclic) bond motifs is 1. The number of benzene rings is 2. The fourth-order valence-corrected chi connectivity index (χ4v) is 2.15. The van der Waals surface area contributed by atoms with Crippen LogP contribution in [0.1, 0.15) is 0 Å². The molecule has 2 aromatic carbocycles. The van der Waals surface area contributed by atoms with Gasteiger partial charge in [-0.25, -0.2) is 0 Å². The minimum atomic E-state index is 0.770. The van der Waals surface area contributed by atoms with Gasteiger partial charge in [-0.2, -0.15) is 0 Å². The van der Waals surface area contributed by atoms with Crippen molar-refractivity contribution in [2.45, 2.75) is 0 Å². The predicted molar refractivity (Wildman–Crippen MR) is 72.7 cm³/mol. The Hall–Kier alpha value is -2.29. The van der Waals surface area contributed by atoms with Crippen LogP contribution in [0.3, 0.4) is 0 Å². The van der Waals surface area contributed by atoms with Gasteiger partial charge in [-0.15, -0.1) is 0 Å². The second-order valence-corrected chi connectivity index (χ2v) is 3.93. The van der Waals surface area contributed by atoms with Gasteiger partial charge in [-0.3, -0.25) is 4.99 Å². The largest absolute Gasteiger partial charge is 0.366 e. The maximum Gasteiger partial charge on any atom is 0.0927 e. The van der Waals surface area contributed by atoms with Gasteiger partial charge in [-0.05, 0) is 31.0 Å². The zero-order valence-corrected chi connectivity index (χ0v) is 9.43. The van der Waals surface area contributed by atoms with Crippen LogP contribution in [0, 0.1) is 0 Å². The highest BCUT2D eigenvalue weighted by Crippen LogP contribution is 2.40. The molecule has 0 fully saturated rings. The van der Waals surface area contributed by atoms with Crippen molar-refractivity contribution in [3.8, 4) is 0 Å². The third-order valence-corrected chi connectivity index (χ3v) is 2.97. The number of rotatable bonds is 2. The van der Waals surface area contributed by atoms with E-state index < -0.39 is 0 Å². The molecular weight excluding hydrogens is 210 g/mol. The molecule has 0 amide bonds. The van der Waals surface area contributed by atoms with Crippen LogP contribution in [0.2, 0.25) is 0 Å². The predicted octanol–water partition coefficient (Wildman–Crippen LogP) is 3.54. The molecule has 0 radical (unpaired) electrons. The van der Waals surface area contributed by atoms with Crippen LogP contribution in [-0.2, 0) is 0 Å². The minimum Gasteiger partial charge on any atom is -0.366 e. The quantitative estimate of drug-likeness (QED) is 0.788. The molecule has 0 unspecified atom stereocenters. The number of hydrogen-bond acceptors (Lipinski definition) is 3. The summed E-state index contributed by atoms with van der Waals surface area (Å²) >= 11 is 0. The molecule has 1 aliphatic heterocycles. The number of aliphatic imine (C=N–C) groups is 1. The zero-order chi connectivity index (χ0) is 11.7. The highest BCUT2D eigenvalue weighted by Gasteiger charge is 2.20. The van der Waals surface area contributed by atoms with Crippen molar-refractivity contribution >= 4 is 29.5 Å². The SMILES string of the molecule is C=Nc1ccccc1N1CNc2ccccc21.